The van der Waals surface area contributed by atoms with Crippen LogP contribution in [0.4, 0.5) is 0 Å². The Morgan fingerprint density at radius 2 is 1.71 bits per heavy atom. The van der Waals surface area contributed by atoms with E-state index in [4.69, 9.17) is 9.84 Å². The molecule has 128 valence electrons. The van der Waals surface area contributed by atoms with E-state index in [9.17, 15) is 15.0 Å². The van der Waals surface area contributed by atoms with Crippen LogP contribution in [0, 0.1) is 0 Å². The fraction of sp³-hybridized carbons (Fsp3) is 0.316. The van der Waals surface area contributed by atoms with Gasteiger partial charge in [0.2, 0.25) is 0 Å². The molecule has 3 N–H and O–H groups in total. The summed E-state index contributed by atoms with van der Waals surface area (Å²) in [7, 11) is 0. The zero-order valence-electron chi connectivity index (χ0n) is 13.4. The average molecular weight is 330 g/mol. The summed E-state index contributed by atoms with van der Waals surface area (Å²) in [5.41, 5.74) is 0.982. The second-order valence-electron chi connectivity index (χ2n) is 5.63. The molecule has 0 aliphatic carbocycles. The molecule has 0 amide bonds. The Morgan fingerprint density at radius 1 is 0.958 bits per heavy atom. The Labute approximate surface area is 141 Å². The fourth-order valence-corrected chi connectivity index (χ4v) is 2.46. The minimum atomic E-state index is -0.962. The Bertz CT molecular complexity index is 681. The van der Waals surface area contributed by atoms with Crippen molar-refractivity contribution in [2.45, 2.75) is 32.1 Å². The summed E-state index contributed by atoms with van der Waals surface area (Å²) in [5.74, 6) is -0.501. The number of ether oxygens (including phenoxy) is 1. The first kappa shape index (κ1) is 17.7. The van der Waals surface area contributed by atoms with E-state index in [-0.39, 0.29) is 17.1 Å². The highest BCUT2D eigenvalue weighted by Gasteiger charge is 2.05. The highest BCUT2D eigenvalue weighted by molar-refractivity contribution is 5.87. The molecular weight excluding hydrogens is 308 g/mol. The van der Waals surface area contributed by atoms with Crippen LogP contribution in [0.2, 0.25) is 0 Å². The van der Waals surface area contributed by atoms with Gasteiger partial charge in [-0.3, -0.25) is 0 Å². The zero-order valence-corrected chi connectivity index (χ0v) is 13.4. The number of aryl methyl sites for hydroxylation is 1. The lowest BCUT2D eigenvalue weighted by Gasteiger charge is -2.08. The largest absolute Gasteiger partial charge is 0.504 e. The Morgan fingerprint density at radius 3 is 2.50 bits per heavy atom. The van der Waals surface area contributed by atoms with Crippen molar-refractivity contribution in [1.29, 1.82) is 0 Å². The maximum Gasteiger partial charge on any atom is 0.335 e. The van der Waals surface area contributed by atoms with Gasteiger partial charge in [0.1, 0.15) is 5.75 Å². The predicted octanol–water partition coefficient (Wildman–Crippen LogP) is 3.98. The van der Waals surface area contributed by atoms with Gasteiger partial charge in [0, 0.05) is 0 Å². The van der Waals surface area contributed by atoms with Gasteiger partial charge < -0.3 is 20.1 Å². The molecule has 0 fully saturated rings. The smallest absolute Gasteiger partial charge is 0.335 e. The quantitative estimate of drug-likeness (QED) is 0.478. The fourth-order valence-electron chi connectivity index (χ4n) is 2.46. The molecule has 0 saturated heterocycles. The van der Waals surface area contributed by atoms with Crippen LogP contribution in [0.25, 0.3) is 0 Å². The van der Waals surface area contributed by atoms with E-state index < -0.39 is 5.97 Å². The number of unbranched alkanes of at least 4 members (excludes halogenated alkanes) is 3. The molecule has 0 heterocycles. The van der Waals surface area contributed by atoms with E-state index in [1.807, 2.05) is 6.07 Å². The third-order valence-corrected chi connectivity index (χ3v) is 3.79. The molecule has 5 nitrogen and oxygen atoms in total. The number of phenolic OH excluding ortho intramolecular Hbond substituents is 2. The minimum Gasteiger partial charge on any atom is -0.504 e. The number of para-hydroxylation sites is 1. The lowest BCUT2D eigenvalue weighted by molar-refractivity contribution is 0.0696. The molecule has 2 aromatic carbocycles. The normalized spacial score (nSPS) is 10.5. The van der Waals surface area contributed by atoms with E-state index >= 15 is 0 Å². The summed E-state index contributed by atoms with van der Waals surface area (Å²) in [4.78, 5) is 10.9. The number of carboxylic acids is 1. The van der Waals surface area contributed by atoms with Crippen LogP contribution in [-0.4, -0.2) is 27.9 Å². The van der Waals surface area contributed by atoms with Gasteiger partial charge in [0.25, 0.3) is 0 Å². The second kappa shape index (κ2) is 8.82. The van der Waals surface area contributed by atoms with Gasteiger partial charge in [-0.15, -0.1) is 0 Å². The predicted molar refractivity (Wildman–Crippen MR) is 90.8 cm³/mol. The Balaban J connectivity index is 1.63. The molecule has 0 aromatic heterocycles. The summed E-state index contributed by atoms with van der Waals surface area (Å²) in [6.07, 6.45) is 4.50. The molecule has 5 heteroatoms. The van der Waals surface area contributed by atoms with Crippen molar-refractivity contribution in [3.63, 3.8) is 0 Å². The lowest BCUT2D eigenvalue weighted by Crippen LogP contribution is -2.00. The van der Waals surface area contributed by atoms with E-state index in [0.29, 0.717) is 12.4 Å². The number of aromatic carboxylic acids is 1. The Hall–Kier alpha value is -2.69. The number of rotatable bonds is 9. The molecule has 2 rings (SSSR count). The van der Waals surface area contributed by atoms with Crippen LogP contribution in [0.1, 0.15) is 41.6 Å². The van der Waals surface area contributed by atoms with E-state index in [2.05, 4.69) is 0 Å². The second-order valence-corrected chi connectivity index (χ2v) is 5.63. The standard InChI is InChI=1S/C19H22O5/c20-17-11-6-8-14(18(17)21)7-3-1-2-4-12-24-16-10-5-9-15(13-16)19(22)23/h5-6,8-11,13,20-21H,1-4,7,12H2,(H,22,23). The average Bonchev–Trinajstić information content (AvgIpc) is 2.58. The Kier molecular flexibility index (Phi) is 6.49. The molecule has 0 unspecified atom stereocenters. The summed E-state index contributed by atoms with van der Waals surface area (Å²) in [6.45, 7) is 0.542. The maximum absolute atomic E-state index is 10.9. The molecular formula is C19H22O5. The van der Waals surface area contributed by atoms with Crippen LogP contribution in [-0.2, 0) is 6.42 Å². The third kappa shape index (κ3) is 5.19. The van der Waals surface area contributed by atoms with Crippen molar-refractivity contribution in [2.24, 2.45) is 0 Å². The maximum atomic E-state index is 10.9. The molecule has 0 saturated carbocycles. The van der Waals surface area contributed by atoms with Gasteiger partial charge in [0.15, 0.2) is 11.5 Å². The number of carbonyl (C=O) groups is 1. The summed E-state index contributed by atoms with van der Waals surface area (Å²) < 4.78 is 5.56. The molecule has 0 radical (unpaired) electrons. The molecule has 24 heavy (non-hydrogen) atoms. The molecule has 0 bridgehead atoms. The third-order valence-electron chi connectivity index (χ3n) is 3.79. The number of aromatic hydroxyl groups is 2. The van der Waals surface area contributed by atoms with Crippen molar-refractivity contribution in [1.82, 2.24) is 0 Å². The van der Waals surface area contributed by atoms with Gasteiger partial charge in [-0.1, -0.05) is 31.0 Å². The van der Waals surface area contributed by atoms with E-state index in [0.717, 1.165) is 37.7 Å². The number of hydrogen-bond acceptors (Lipinski definition) is 4. The molecule has 0 aliphatic heterocycles. The van der Waals surface area contributed by atoms with Crippen LogP contribution in [0.15, 0.2) is 42.5 Å². The zero-order chi connectivity index (χ0) is 17.4. The highest BCUT2D eigenvalue weighted by atomic mass is 16.5. The first-order valence-electron chi connectivity index (χ1n) is 8.04. The van der Waals surface area contributed by atoms with Crippen molar-refractivity contribution in [3.8, 4) is 17.2 Å². The minimum absolute atomic E-state index is 0.0286. The monoisotopic (exact) mass is 330 g/mol. The molecule has 0 spiro atoms. The van der Waals surface area contributed by atoms with Crippen molar-refractivity contribution in [2.75, 3.05) is 6.61 Å². The first-order chi connectivity index (χ1) is 11.6. The van der Waals surface area contributed by atoms with Gasteiger partial charge in [-0.05, 0) is 49.1 Å². The van der Waals surface area contributed by atoms with Gasteiger partial charge in [0.05, 0.1) is 12.2 Å². The number of phenols is 2. The number of carboxylic acid groups (broad SMARTS) is 1. The van der Waals surface area contributed by atoms with E-state index in [1.165, 1.54) is 18.2 Å². The van der Waals surface area contributed by atoms with Crippen LogP contribution < -0.4 is 4.74 Å². The van der Waals surface area contributed by atoms with Crippen molar-refractivity contribution < 1.29 is 24.9 Å². The number of benzene rings is 2. The van der Waals surface area contributed by atoms with E-state index in [1.54, 1.807) is 18.2 Å². The summed E-state index contributed by atoms with van der Waals surface area (Å²) in [6, 6.07) is 11.5. The van der Waals surface area contributed by atoms with Crippen LogP contribution in [0.3, 0.4) is 0 Å². The summed E-state index contributed by atoms with van der Waals surface area (Å²) >= 11 is 0. The molecule has 2 aromatic rings. The van der Waals surface area contributed by atoms with Crippen molar-refractivity contribution >= 4 is 5.97 Å². The SMILES string of the molecule is O=C(O)c1cccc(OCCCCCCc2cccc(O)c2O)c1. The molecule has 0 aliphatic rings. The van der Waals surface area contributed by atoms with Gasteiger partial charge in [-0.2, -0.15) is 0 Å². The van der Waals surface area contributed by atoms with Crippen LogP contribution >= 0.6 is 0 Å². The highest BCUT2D eigenvalue weighted by Crippen LogP contribution is 2.29. The lowest BCUT2D eigenvalue weighted by atomic mass is 10.0. The van der Waals surface area contributed by atoms with Crippen molar-refractivity contribution in [3.05, 3.63) is 53.6 Å². The summed E-state index contributed by atoms with van der Waals surface area (Å²) in [5, 5.41) is 28.1. The van der Waals surface area contributed by atoms with Gasteiger partial charge >= 0.3 is 5.97 Å². The number of hydrogen-bond donors (Lipinski definition) is 3. The molecule has 0 atom stereocenters. The first-order valence-corrected chi connectivity index (χ1v) is 8.04. The topological polar surface area (TPSA) is 87.0 Å². The van der Waals surface area contributed by atoms with Gasteiger partial charge in [-0.25, -0.2) is 4.79 Å². The van der Waals surface area contributed by atoms with Crippen LogP contribution in [0.5, 0.6) is 17.2 Å².